The second-order valence-electron chi connectivity index (χ2n) is 6.37. The van der Waals surface area contributed by atoms with Gasteiger partial charge < -0.3 is 26.1 Å². The van der Waals surface area contributed by atoms with Crippen molar-refractivity contribution in [1.82, 2.24) is 4.72 Å². The number of ether oxygens (including phenoxy) is 1. The Morgan fingerprint density at radius 3 is 2.48 bits per heavy atom. The fraction of sp³-hybridized carbons (Fsp3) is 0.263. The molecule has 6 N–H and O–H groups in total. The van der Waals surface area contributed by atoms with Crippen molar-refractivity contribution in [2.45, 2.75) is 23.8 Å². The number of nitrogens with one attached hydrogen (secondary N) is 1. The summed E-state index contributed by atoms with van der Waals surface area (Å²) in [4.78, 5) is 16.3. The van der Waals surface area contributed by atoms with Crippen molar-refractivity contribution >= 4 is 33.6 Å². The van der Waals surface area contributed by atoms with E-state index in [9.17, 15) is 18.3 Å². The first-order chi connectivity index (χ1) is 14.7. The minimum Gasteiger partial charge on any atom is -0.493 e. The van der Waals surface area contributed by atoms with Gasteiger partial charge in [0.15, 0.2) is 0 Å². The highest BCUT2D eigenvalue weighted by atomic mass is 35.5. The number of carboxylic acid groups (broad SMARTS) is 1. The van der Waals surface area contributed by atoms with Crippen molar-refractivity contribution in [3.8, 4) is 5.75 Å². The summed E-state index contributed by atoms with van der Waals surface area (Å²) < 4.78 is 32.7. The topological polar surface area (TPSA) is 166 Å². The lowest BCUT2D eigenvalue weighted by Crippen LogP contribution is -2.42. The normalized spacial score (nSPS) is 12.0. The van der Waals surface area contributed by atoms with Gasteiger partial charge in [-0.05, 0) is 47.5 Å². The van der Waals surface area contributed by atoms with Gasteiger partial charge >= 0.3 is 5.97 Å². The van der Waals surface area contributed by atoms with Crippen molar-refractivity contribution in [3.05, 3.63) is 59.1 Å². The van der Waals surface area contributed by atoms with Crippen LogP contribution in [0.2, 0.25) is 5.02 Å². The van der Waals surface area contributed by atoms with Gasteiger partial charge in [0.05, 0.1) is 11.5 Å². The highest BCUT2D eigenvalue weighted by molar-refractivity contribution is 7.89. The van der Waals surface area contributed by atoms with Gasteiger partial charge in [0, 0.05) is 11.4 Å². The smallest absolute Gasteiger partial charge is 0.322 e. The van der Waals surface area contributed by atoms with Crippen molar-refractivity contribution in [3.63, 3.8) is 0 Å². The average molecular weight is 471 g/mol. The van der Waals surface area contributed by atoms with Gasteiger partial charge in [-0.3, -0.25) is 4.79 Å². The fourth-order valence-corrected chi connectivity index (χ4v) is 3.95. The third-order valence-corrected chi connectivity index (χ3v) is 5.59. The molecule has 0 aliphatic carbocycles. The Labute approximate surface area is 184 Å². The van der Waals surface area contributed by atoms with E-state index >= 15 is 0 Å². The Balaban J connectivity index is 1.93. The van der Waals surface area contributed by atoms with E-state index in [1.807, 2.05) is 0 Å². The zero-order chi connectivity index (χ0) is 22.9. The molecule has 0 saturated heterocycles. The largest absolute Gasteiger partial charge is 0.493 e. The summed E-state index contributed by atoms with van der Waals surface area (Å²) in [5.41, 5.74) is 10.9. The van der Waals surface area contributed by atoms with Crippen LogP contribution in [0.25, 0.3) is 0 Å². The lowest BCUT2D eigenvalue weighted by molar-refractivity contribution is -0.138. The van der Waals surface area contributed by atoms with Crippen LogP contribution >= 0.6 is 11.6 Å². The number of oxime groups is 1. The van der Waals surface area contributed by atoms with E-state index in [0.717, 1.165) is 0 Å². The van der Waals surface area contributed by atoms with E-state index < -0.39 is 22.0 Å². The van der Waals surface area contributed by atoms with Gasteiger partial charge in [0.1, 0.15) is 18.4 Å². The Kier molecular flexibility index (Phi) is 8.91. The highest BCUT2D eigenvalue weighted by Crippen LogP contribution is 2.17. The SMILES string of the molecule is NC(N)=NOCCCOc1ccc(C[C@H](NS(=O)(=O)c2cccc(Cl)c2)C(=O)O)cc1. The summed E-state index contributed by atoms with van der Waals surface area (Å²) in [5, 5.41) is 13.1. The summed E-state index contributed by atoms with van der Waals surface area (Å²) in [6.45, 7) is 0.638. The Morgan fingerprint density at radius 2 is 1.87 bits per heavy atom. The predicted molar refractivity (Wildman–Crippen MR) is 115 cm³/mol. The maximum Gasteiger partial charge on any atom is 0.322 e. The lowest BCUT2D eigenvalue weighted by Gasteiger charge is -2.15. The number of carbonyl (C=O) groups is 1. The van der Waals surface area contributed by atoms with Crippen LogP contribution in [0.5, 0.6) is 5.75 Å². The van der Waals surface area contributed by atoms with E-state index in [1.165, 1.54) is 24.3 Å². The molecule has 0 bridgehead atoms. The Bertz CT molecular complexity index is 1010. The first-order valence-corrected chi connectivity index (χ1v) is 11.0. The third kappa shape index (κ3) is 8.32. The molecule has 12 heteroatoms. The first-order valence-electron chi connectivity index (χ1n) is 9.11. The fourth-order valence-electron chi connectivity index (χ4n) is 2.46. The molecule has 0 amide bonds. The van der Waals surface area contributed by atoms with Crippen LogP contribution < -0.4 is 20.9 Å². The summed E-state index contributed by atoms with van der Waals surface area (Å²) in [6, 6.07) is 10.9. The Morgan fingerprint density at radius 1 is 1.16 bits per heavy atom. The van der Waals surface area contributed by atoms with E-state index in [4.69, 9.17) is 32.6 Å². The zero-order valence-corrected chi connectivity index (χ0v) is 18.0. The van der Waals surface area contributed by atoms with Crippen molar-refractivity contribution < 1.29 is 27.9 Å². The van der Waals surface area contributed by atoms with Gasteiger partial charge in [0.2, 0.25) is 16.0 Å². The number of carboxylic acids is 1. The van der Waals surface area contributed by atoms with Crippen molar-refractivity contribution in [1.29, 1.82) is 0 Å². The van der Waals surface area contributed by atoms with Crippen LogP contribution in [-0.2, 0) is 26.1 Å². The molecular weight excluding hydrogens is 448 g/mol. The number of sulfonamides is 1. The van der Waals surface area contributed by atoms with Crippen LogP contribution in [0.15, 0.2) is 58.6 Å². The third-order valence-electron chi connectivity index (χ3n) is 3.88. The number of nitrogens with zero attached hydrogens (tertiary/aromatic N) is 1. The van der Waals surface area contributed by atoms with E-state index in [-0.39, 0.29) is 28.9 Å². The number of rotatable bonds is 12. The molecule has 2 rings (SSSR count). The van der Waals surface area contributed by atoms with E-state index in [2.05, 4.69) is 9.88 Å². The molecule has 0 aliphatic rings. The van der Waals surface area contributed by atoms with Crippen LogP contribution in [0, 0.1) is 0 Å². The van der Waals surface area contributed by atoms with Crippen molar-refractivity contribution in [2.75, 3.05) is 13.2 Å². The second-order valence-corrected chi connectivity index (χ2v) is 8.52. The molecular formula is C19H23ClN4O6S. The molecule has 0 unspecified atom stereocenters. The number of guanidine groups is 1. The zero-order valence-electron chi connectivity index (χ0n) is 16.4. The van der Waals surface area contributed by atoms with Crippen LogP contribution in [0.1, 0.15) is 12.0 Å². The molecule has 2 aromatic rings. The lowest BCUT2D eigenvalue weighted by atomic mass is 10.1. The minimum atomic E-state index is -4.06. The summed E-state index contributed by atoms with van der Waals surface area (Å²) in [5.74, 6) is -0.894. The number of nitrogens with two attached hydrogens (primary N) is 2. The summed E-state index contributed by atoms with van der Waals surface area (Å²) >= 11 is 5.83. The number of aliphatic carboxylic acids is 1. The molecule has 0 aromatic heterocycles. The average Bonchev–Trinajstić information content (AvgIpc) is 2.71. The molecule has 0 fully saturated rings. The van der Waals surface area contributed by atoms with Gasteiger partial charge in [-0.2, -0.15) is 4.72 Å². The van der Waals surface area contributed by atoms with Gasteiger partial charge in [-0.25, -0.2) is 8.42 Å². The van der Waals surface area contributed by atoms with Crippen LogP contribution in [0.3, 0.4) is 0 Å². The standard InChI is InChI=1S/C19H23ClN4O6S/c20-14-3-1-4-16(12-14)31(27,28)24-17(18(25)26)11-13-5-7-15(8-6-13)29-9-2-10-30-23-19(21)22/h1,3-8,12,17,24H,2,9-11H2,(H,25,26)(H4,21,22,23)/t17-/m0/s1. The van der Waals surface area contributed by atoms with Gasteiger partial charge in [-0.1, -0.05) is 29.8 Å². The monoisotopic (exact) mass is 470 g/mol. The quantitative estimate of drug-likeness (QED) is 0.156. The number of benzene rings is 2. The molecule has 0 aliphatic heterocycles. The van der Waals surface area contributed by atoms with E-state index in [1.54, 1.807) is 24.3 Å². The molecule has 0 saturated carbocycles. The summed E-state index contributed by atoms with van der Waals surface area (Å²) in [6.07, 6.45) is 0.493. The van der Waals surface area contributed by atoms with Crippen molar-refractivity contribution in [2.24, 2.45) is 16.6 Å². The molecule has 31 heavy (non-hydrogen) atoms. The van der Waals surface area contributed by atoms with Crippen LogP contribution in [-0.4, -0.2) is 44.7 Å². The Hall–Kier alpha value is -3.02. The molecule has 0 spiro atoms. The van der Waals surface area contributed by atoms with Crippen LogP contribution in [0.4, 0.5) is 0 Å². The number of hydrogen-bond donors (Lipinski definition) is 4. The van der Waals surface area contributed by atoms with Gasteiger partial charge in [-0.15, -0.1) is 0 Å². The summed E-state index contributed by atoms with van der Waals surface area (Å²) in [7, 11) is -4.06. The van der Waals surface area contributed by atoms with E-state index in [0.29, 0.717) is 24.3 Å². The molecule has 0 heterocycles. The molecule has 0 radical (unpaired) electrons. The maximum absolute atomic E-state index is 12.5. The molecule has 10 nitrogen and oxygen atoms in total. The molecule has 2 aromatic carbocycles. The minimum absolute atomic E-state index is 0.0538. The highest BCUT2D eigenvalue weighted by Gasteiger charge is 2.25. The number of halogens is 1. The number of hydrogen-bond acceptors (Lipinski definition) is 6. The molecule has 1 atom stereocenters. The second kappa shape index (κ2) is 11.4. The molecule has 168 valence electrons. The van der Waals surface area contributed by atoms with Gasteiger partial charge in [0.25, 0.3) is 0 Å². The maximum atomic E-state index is 12.5. The first kappa shape index (κ1) is 24.3. The predicted octanol–water partition coefficient (Wildman–Crippen LogP) is 1.29.